The van der Waals surface area contributed by atoms with Crippen molar-refractivity contribution in [1.82, 2.24) is 20.5 Å². The highest BCUT2D eigenvalue weighted by atomic mass is 19.1. The first-order chi connectivity index (χ1) is 14.6. The molecule has 6 nitrogen and oxygen atoms in total. The van der Waals surface area contributed by atoms with Crippen LogP contribution < -0.4 is 15.4 Å². The van der Waals surface area contributed by atoms with Gasteiger partial charge in [-0.3, -0.25) is 9.88 Å². The number of guanidine groups is 1. The summed E-state index contributed by atoms with van der Waals surface area (Å²) in [4.78, 5) is 11.6. The molecule has 0 saturated carbocycles. The zero-order chi connectivity index (χ0) is 21.2. The molecule has 162 valence electrons. The van der Waals surface area contributed by atoms with E-state index >= 15 is 0 Å². The van der Waals surface area contributed by atoms with Crippen molar-refractivity contribution in [2.75, 3.05) is 26.2 Å². The number of likely N-dealkylation sites (tertiary alicyclic amines) is 1. The highest BCUT2D eigenvalue weighted by Gasteiger charge is 2.20. The van der Waals surface area contributed by atoms with Gasteiger partial charge in [0.2, 0.25) is 0 Å². The summed E-state index contributed by atoms with van der Waals surface area (Å²) in [5.74, 6) is 1.20. The molecule has 7 heteroatoms. The van der Waals surface area contributed by atoms with Gasteiger partial charge < -0.3 is 15.4 Å². The summed E-state index contributed by atoms with van der Waals surface area (Å²) in [6.45, 7) is 8.33. The number of nitrogens with zero attached hydrogens (tertiary/aromatic N) is 3. The Balaban J connectivity index is 1.44. The predicted octanol–water partition coefficient (Wildman–Crippen LogP) is 3.21. The second kappa shape index (κ2) is 11.5. The lowest BCUT2D eigenvalue weighted by molar-refractivity contribution is 0.196. The summed E-state index contributed by atoms with van der Waals surface area (Å²) in [7, 11) is 0. The van der Waals surface area contributed by atoms with Gasteiger partial charge in [0.15, 0.2) is 5.96 Å². The van der Waals surface area contributed by atoms with E-state index in [2.05, 4.69) is 38.5 Å². The third-order valence-electron chi connectivity index (χ3n) is 5.04. The van der Waals surface area contributed by atoms with Crippen LogP contribution in [0.4, 0.5) is 4.39 Å². The van der Waals surface area contributed by atoms with Gasteiger partial charge in [0.1, 0.15) is 17.7 Å². The number of hydrogen-bond donors (Lipinski definition) is 2. The second-order valence-corrected chi connectivity index (χ2v) is 7.62. The molecule has 0 aliphatic carbocycles. The molecule has 1 aliphatic rings. The van der Waals surface area contributed by atoms with E-state index in [1.165, 1.54) is 12.1 Å². The molecular weight excluding hydrogens is 381 g/mol. The third-order valence-corrected chi connectivity index (χ3v) is 5.04. The molecule has 0 amide bonds. The Bertz CT molecular complexity index is 776. The number of rotatable bonds is 8. The van der Waals surface area contributed by atoms with Crippen molar-refractivity contribution in [2.24, 2.45) is 4.99 Å². The molecule has 1 fully saturated rings. The Morgan fingerprint density at radius 3 is 2.67 bits per heavy atom. The molecule has 2 heterocycles. The number of aliphatic imine (C=N–C) groups is 1. The van der Waals surface area contributed by atoms with Gasteiger partial charge >= 0.3 is 0 Å². The van der Waals surface area contributed by atoms with E-state index < -0.39 is 0 Å². The van der Waals surface area contributed by atoms with E-state index in [0.29, 0.717) is 18.3 Å². The molecule has 1 aromatic carbocycles. The largest absolute Gasteiger partial charge is 0.489 e. The van der Waals surface area contributed by atoms with Crippen molar-refractivity contribution < 1.29 is 9.13 Å². The topological polar surface area (TPSA) is 61.8 Å². The Labute approximate surface area is 178 Å². The molecule has 30 heavy (non-hydrogen) atoms. The SMILES string of the molecule is CCNC(=NCC(C)Oc1ccc(F)cc1)NC1CCN(Cc2ccccn2)CC1. The minimum Gasteiger partial charge on any atom is -0.489 e. The Morgan fingerprint density at radius 2 is 2.00 bits per heavy atom. The molecule has 1 saturated heterocycles. The van der Waals surface area contributed by atoms with Crippen LogP contribution in [0, 0.1) is 5.82 Å². The summed E-state index contributed by atoms with van der Waals surface area (Å²) in [5.41, 5.74) is 1.12. The molecule has 0 bridgehead atoms. The van der Waals surface area contributed by atoms with Crippen molar-refractivity contribution >= 4 is 5.96 Å². The fourth-order valence-electron chi connectivity index (χ4n) is 3.47. The summed E-state index contributed by atoms with van der Waals surface area (Å²) < 4.78 is 18.8. The van der Waals surface area contributed by atoms with Gasteiger partial charge in [-0.1, -0.05) is 6.07 Å². The van der Waals surface area contributed by atoms with Gasteiger partial charge in [-0.05, 0) is 63.1 Å². The number of pyridine rings is 1. The van der Waals surface area contributed by atoms with E-state index in [1.807, 2.05) is 25.3 Å². The monoisotopic (exact) mass is 413 g/mol. The number of ether oxygens (including phenoxy) is 1. The zero-order valence-electron chi connectivity index (χ0n) is 17.9. The van der Waals surface area contributed by atoms with Crippen LogP contribution in [-0.2, 0) is 6.54 Å². The van der Waals surface area contributed by atoms with Gasteiger partial charge in [0, 0.05) is 38.4 Å². The zero-order valence-corrected chi connectivity index (χ0v) is 17.9. The summed E-state index contributed by atoms with van der Waals surface area (Å²) >= 11 is 0. The predicted molar refractivity (Wildman–Crippen MR) is 118 cm³/mol. The minimum absolute atomic E-state index is 0.105. The van der Waals surface area contributed by atoms with E-state index in [1.54, 1.807) is 12.1 Å². The number of halogens is 1. The summed E-state index contributed by atoms with van der Waals surface area (Å²) in [5, 5.41) is 6.88. The van der Waals surface area contributed by atoms with E-state index in [4.69, 9.17) is 4.74 Å². The van der Waals surface area contributed by atoms with Crippen molar-refractivity contribution in [3.8, 4) is 5.75 Å². The lowest BCUT2D eigenvalue weighted by atomic mass is 10.0. The van der Waals surface area contributed by atoms with Gasteiger partial charge in [-0.15, -0.1) is 0 Å². The maximum atomic E-state index is 13.0. The van der Waals surface area contributed by atoms with E-state index in [9.17, 15) is 4.39 Å². The fraction of sp³-hybridized carbons (Fsp3) is 0.478. The fourth-order valence-corrected chi connectivity index (χ4v) is 3.47. The average Bonchev–Trinajstić information content (AvgIpc) is 2.76. The number of hydrogen-bond acceptors (Lipinski definition) is 4. The first kappa shape index (κ1) is 22.0. The van der Waals surface area contributed by atoms with Crippen LogP contribution in [-0.4, -0.2) is 54.2 Å². The smallest absolute Gasteiger partial charge is 0.191 e. The Kier molecular flexibility index (Phi) is 8.44. The molecule has 1 aliphatic heterocycles. The molecule has 1 unspecified atom stereocenters. The summed E-state index contributed by atoms with van der Waals surface area (Å²) in [6.07, 6.45) is 3.88. The van der Waals surface area contributed by atoms with Crippen LogP contribution in [0.5, 0.6) is 5.75 Å². The quantitative estimate of drug-likeness (QED) is 0.514. The lowest BCUT2D eigenvalue weighted by Crippen LogP contribution is -2.48. The van der Waals surface area contributed by atoms with E-state index in [-0.39, 0.29) is 11.9 Å². The molecule has 0 radical (unpaired) electrons. The van der Waals surface area contributed by atoms with Crippen molar-refractivity contribution in [3.63, 3.8) is 0 Å². The normalized spacial score (nSPS) is 16.8. The van der Waals surface area contributed by atoms with Crippen LogP contribution in [0.25, 0.3) is 0 Å². The second-order valence-electron chi connectivity index (χ2n) is 7.62. The van der Waals surface area contributed by atoms with Gasteiger partial charge in [0.25, 0.3) is 0 Å². The summed E-state index contributed by atoms with van der Waals surface area (Å²) in [6, 6.07) is 12.5. The maximum absolute atomic E-state index is 13.0. The molecule has 3 rings (SSSR count). The van der Waals surface area contributed by atoms with E-state index in [0.717, 1.165) is 50.7 Å². The van der Waals surface area contributed by atoms with Gasteiger partial charge in [-0.2, -0.15) is 0 Å². The van der Waals surface area contributed by atoms with Crippen molar-refractivity contribution in [1.29, 1.82) is 0 Å². The average molecular weight is 414 g/mol. The Morgan fingerprint density at radius 1 is 1.23 bits per heavy atom. The minimum atomic E-state index is -0.266. The first-order valence-corrected chi connectivity index (χ1v) is 10.7. The third kappa shape index (κ3) is 7.30. The van der Waals surface area contributed by atoms with Crippen LogP contribution in [0.3, 0.4) is 0 Å². The van der Waals surface area contributed by atoms with Crippen LogP contribution in [0.2, 0.25) is 0 Å². The van der Waals surface area contributed by atoms with Gasteiger partial charge in [0.05, 0.1) is 12.2 Å². The van der Waals surface area contributed by atoms with Crippen molar-refractivity contribution in [2.45, 2.75) is 45.4 Å². The molecule has 0 spiro atoms. The number of benzene rings is 1. The highest BCUT2D eigenvalue weighted by Crippen LogP contribution is 2.14. The Hall–Kier alpha value is -2.67. The maximum Gasteiger partial charge on any atom is 0.191 e. The van der Waals surface area contributed by atoms with Crippen LogP contribution in [0.15, 0.2) is 53.7 Å². The lowest BCUT2D eigenvalue weighted by Gasteiger charge is -2.33. The number of piperidine rings is 1. The standard InChI is InChI=1S/C23H32FN5O/c1-3-25-23(27-16-18(2)30-22-9-7-19(24)8-10-22)28-20-11-14-29(15-12-20)17-21-6-4-5-13-26-21/h4-10,13,18,20H,3,11-12,14-17H2,1-2H3,(H2,25,27,28). The van der Waals surface area contributed by atoms with Gasteiger partial charge in [-0.25, -0.2) is 9.38 Å². The molecule has 1 aromatic heterocycles. The van der Waals surface area contributed by atoms with Crippen molar-refractivity contribution in [3.05, 3.63) is 60.2 Å². The molecule has 2 aromatic rings. The first-order valence-electron chi connectivity index (χ1n) is 10.7. The molecular formula is C23H32FN5O. The molecule has 2 N–H and O–H groups in total. The number of nitrogens with one attached hydrogen (secondary N) is 2. The van der Waals surface area contributed by atoms with Crippen LogP contribution >= 0.6 is 0 Å². The number of aromatic nitrogens is 1. The van der Waals surface area contributed by atoms with Crippen LogP contribution in [0.1, 0.15) is 32.4 Å². The highest BCUT2D eigenvalue weighted by molar-refractivity contribution is 5.80. The molecule has 1 atom stereocenters.